The van der Waals surface area contributed by atoms with Crippen LogP contribution in [0.3, 0.4) is 0 Å². The van der Waals surface area contributed by atoms with Gasteiger partial charge in [-0.1, -0.05) is 24.9 Å². The third-order valence-corrected chi connectivity index (χ3v) is 2.97. The molecule has 0 aliphatic heterocycles. The number of rotatable bonds is 9. The van der Waals surface area contributed by atoms with Gasteiger partial charge in [0.15, 0.2) is 11.5 Å². The smallest absolute Gasteiger partial charge is 0.179 e. The summed E-state index contributed by atoms with van der Waals surface area (Å²) < 4.78 is 11.1. The summed E-state index contributed by atoms with van der Waals surface area (Å²) in [6, 6.07) is 3.94. The molecule has 0 unspecified atom stereocenters. The van der Waals surface area contributed by atoms with E-state index in [-0.39, 0.29) is 12.4 Å². The quantitative estimate of drug-likeness (QED) is 0.681. The van der Waals surface area contributed by atoms with E-state index in [1.165, 1.54) is 12.8 Å². The molecule has 0 amide bonds. The Morgan fingerprint density at radius 2 is 1.80 bits per heavy atom. The maximum atomic E-state index is 6.26. The van der Waals surface area contributed by atoms with Crippen molar-refractivity contribution in [2.45, 2.75) is 40.2 Å². The molecule has 1 N–H and O–H groups in total. The number of unbranched alkanes of at least 4 members (excludes halogenated alkanes) is 1. The number of hydrogen-bond donors (Lipinski definition) is 1. The topological polar surface area (TPSA) is 30.5 Å². The van der Waals surface area contributed by atoms with Gasteiger partial charge < -0.3 is 14.8 Å². The highest BCUT2D eigenvalue weighted by Crippen LogP contribution is 2.36. The fourth-order valence-electron chi connectivity index (χ4n) is 1.81. The number of halogens is 2. The van der Waals surface area contributed by atoms with Crippen molar-refractivity contribution in [3.63, 3.8) is 0 Å². The van der Waals surface area contributed by atoms with Crippen LogP contribution in [-0.4, -0.2) is 19.8 Å². The number of benzene rings is 1. The third-order valence-electron chi connectivity index (χ3n) is 2.69. The lowest BCUT2D eigenvalue weighted by atomic mass is 10.2. The minimum atomic E-state index is 0. The SMILES string of the molecule is CCCCNCc1cc(Cl)c(OCC)c(OCC)c1.Cl. The van der Waals surface area contributed by atoms with Gasteiger partial charge in [0.1, 0.15) is 0 Å². The van der Waals surface area contributed by atoms with Gasteiger partial charge in [-0.05, 0) is 44.5 Å². The Morgan fingerprint density at radius 1 is 1.10 bits per heavy atom. The van der Waals surface area contributed by atoms with Crippen molar-refractivity contribution in [3.8, 4) is 11.5 Å². The molecule has 1 aromatic carbocycles. The molecule has 0 heterocycles. The fraction of sp³-hybridized carbons (Fsp3) is 0.600. The standard InChI is InChI=1S/C15H24ClNO2.ClH/c1-4-7-8-17-11-12-9-13(16)15(19-6-3)14(10-12)18-5-2;/h9-10,17H,4-8,11H2,1-3H3;1H. The Labute approximate surface area is 133 Å². The maximum Gasteiger partial charge on any atom is 0.179 e. The van der Waals surface area contributed by atoms with E-state index in [1.807, 2.05) is 26.0 Å². The van der Waals surface area contributed by atoms with Crippen molar-refractivity contribution in [1.29, 1.82) is 0 Å². The molecule has 20 heavy (non-hydrogen) atoms. The van der Waals surface area contributed by atoms with Crippen molar-refractivity contribution in [3.05, 3.63) is 22.7 Å². The van der Waals surface area contributed by atoms with E-state index in [2.05, 4.69) is 12.2 Å². The highest BCUT2D eigenvalue weighted by atomic mass is 35.5. The first-order chi connectivity index (χ1) is 9.22. The predicted octanol–water partition coefficient (Wildman–Crippen LogP) is 4.45. The third kappa shape index (κ3) is 6.21. The van der Waals surface area contributed by atoms with Gasteiger partial charge in [-0.2, -0.15) is 0 Å². The van der Waals surface area contributed by atoms with Crippen LogP contribution in [0.2, 0.25) is 5.02 Å². The van der Waals surface area contributed by atoms with Crippen LogP contribution in [0.1, 0.15) is 39.2 Å². The highest BCUT2D eigenvalue weighted by Gasteiger charge is 2.11. The van der Waals surface area contributed by atoms with Gasteiger partial charge in [0.2, 0.25) is 0 Å². The molecule has 5 heteroatoms. The molecule has 0 fully saturated rings. The van der Waals surface area contributed by atoms with Crippen LogP contribution in [-0.2, 0) is 6.54 Å². The van der Waals surface area contributed by atoms with E-state index < -0.39 is 0 Å². The maximum absolute atomic E-state index is 6.26. The summed E-state index contributed by atoms with van der Waals surface area (Å²) in [4.78, 5) is 0. The molecular formula is C15H25Cl2NO2. The van der Waals surface area contributed by atoms with E-state index in [1.54, 1.807) is 0 Å². The van der Waals surface area contributed by atoms with Crippen LogP contribution in [0.25, 0.3) is 0 Å². The number of nitrogens with one attached hydrogen (secondary N) is 1. The zero-order chi connectivity index (χ0) is 14.1. The molecule has 0 bridgehead atoms. The van der Waals surface area contributed by atoms with E-state index in [0.29, 0.717) is 24.0 Å². The molecule has 0 atom stereocenters. The molecule has 0 aliphatic carbocycles. The molecule has 1 aromatic rings. The minimum Gasteiger partial charge on any atom is -0.490 e. The van der Waals surface area contributed by atoms with Gasteiger partial charge in [0.25, 0.3) is 0 Å². The summed E-state index contributed by atoms with van der Waals surface area (Å²) in [5.74, 6) is 1.37. The van der Waals surface area contributed by atoms with E-state index in [9.17, 15) is 0 Å². The first-order valence-electron chi connectivity index (χ1n) is 7.01. The molecule has 116 valence electrons. The first kappa shape index (κ1) is 19.4. The Bertz CT molecular complexity index is 386. The van der Waals surface area contributed by atoms with Gasteiger partial charge in [0, 0.05) is 6.54 Å². The Morgan fingerprint density at radius 3 is 2.40 bits per heavy atom. The summed E-state index contributed by atoms with van der Waals surface area (Å²) in [7, 11) is 0. The zero-order valence-corrected chi connectivity index (χ0v) is 14.1. The molecule has 0 spiro atoms. The predicted molar refractivity (Wildman–Crippen MR) is 87.7 cm³/mol. The van der Waals surface area contributed by atoms with Gasteiger partial charge in [-0.25, -0.2) is 0 Å². The summed E-state index contributed by atoms with van der Waals surface area (Å²) in [5.41, 5.74) is 1.12. The van der Waals surface area contributed by atoms with Gasteiger partial charge >= 0.3 is 0 Å². The van der Waals surface area contributed by atoms with Crippen molar-refractivity contribution in [2.75, 3.05) is 19.8 Å². The number of ether oxygens (including phenoxy) is 2. The summed E-state index contributed by atoms with van der Waals surface area (Å²) in [6.07, 6.45) is 2.38. The van der Waals surface area contributed by atoms with E-state index in [0.717, 1.165) is 24.4 Å². The van der Waals surface area contributed by atoms with Crippen molar-refractivity contribution in [2.24, 2.45) is 0 Å². The summed E-state index contributed by atoms with van der Waals surface area (Å²) in [5, 5.41) is 4.01. The van der Waals surface area contributed by atoms with Crippen LogP contribution in [0.15, 0.2) is 12.1 Å². The minimum absolute atomic E-state index is 0. The van der Waals surface area contributed by atoms with Crippen LogP contribution in [0.5, 0.6) is 11.5 Å². The lowest BCUT2D eigenvalue weighted by Gasteiger charge is -2.14. The Hall–Kier alpha value is -0.640. The molecular weight excluding hydrogens is 297 g/mol. The van der Waals surface area contributed by atoms with Crippen LogP contribution in [0.4, 0.5) is 0 Å². The lowest BCUT2D eigenvalue weighted by Crippen LogP contribution is -2.14. The van der Waals surface area contributed by atoms with Crippen LogP contribution in [0, 0.1) is 0 Å². The first-order valence-corrected chi connectivity index (χ1v) is 7.39. The second-order valence-corrected chi connectivity index (χ2v) is 4.71. The summed E-state index contributed by atoms with van der Waals surface area (Å²) in [6.45, 7) is 9.07. The molecule has 0 saturated carbocycles. The normalized spacial score (nSPS) is 10.0. The van der Waals surface area contributed by atoms with Gasteiger partial charge in [0.05, 0.1) is 18.2 Å². The summed E-state index contributed by atoms with van der Waals surface area (Å²) >= 11 is 6.26. The molecule has 0 radical (unpaired) electrons. The molecule has 0 aromatic heterocycles. The van der Waals surface area contributed by atoms with E-state index >= 15 is 0 Å². The highest BCUT2D eigenvalue weighted by molar-refractivity contribution is 6.32. The van der Waals surface area contributed by atoms with Crippen molar-refractivity contribution >= 4 is 24.0 Å². The molecule has 3 nitrogen and oxygen atoms in total. The Kier molecular flexibility index (Phi) is 10.7. The van der Waals surface area contributed by atoms with Gasteiger partial charge in [-0.3, -0.25) is 0 Å². The second kappa shape index (κ2) is 11.1. The zero-order valence-electron chi connectivity index (χ0n) is 12.5. The molecule has 0 saturated heterocycles. The van der Waals surface area contributed by atoms with Gasteiger partial charge in [-0.15, -0.1) is 12.4 Å². The van der Waals surface area contributed by atoms with Crippen LogP contribution >= 0.6 is 24.0 Å². The van der Waals surface area contributed by atoms with E-state index in [4.69, 9.17) is 21.1 Å². The lowest BCUT2D eigenvalue weighted by molar-refractivity contribution is 0.287. The number of hydrogen-bond acceptors (Lipinski definition) is 3. The van der Waals surface area contributed by atoms with Crippen LogP contribution < -0.4 is 14.8 Å². The van der Waals surface area contributed by atoms with Crippen molar-refractivity contribution < 1.29 is 9.47 Å². The molecule has 1 rings (SSSR count). The molecule has 0 aliphatic rings. The monoisotopic (exact) mass is 321 g/mol. The Balaban J connectivity index is 0.00000361. The largest absolute Gasteiger partial charge is 0.490 e. The average Bonchev–Trinajstić information content (AvgIpc) is 2.39. The second-order valence-electron chi connectivity index (χ2n) is 4.30. The fourth-order valence-corrected chi connectivity index (χ4v) is 2.09. The average molecular weight is 322 g/mol. The van der Waals surface area contributed by atoms with Crippen molar-refractivity contribution in [1.82, 2.24) is 5.32 Å².